The molecule has 0 unspecified atom stereocenters. The summed E-state index contributed by atoms with van der Waals surface area (Å²) in [5.74, 6) is -2.07. The second-order valence-electron chi connectivity index (χ2n) is 10.1. The Morgan fingerprint density at radius 2 is 1.85 bits per heavy atom. The van der Waals surface area contributed by atoms with Crippen molar-refractivity contribution in [2.75, 3.05) is 0 Å². The van der Waals surface area contributed by atoms with Crippen molar-refractivity contribution < 1.29 is 29.6 Å². The maximum atomic E-state index is 11.8. The molecule has 3 fully saturated rings. The van der Waals surface area contributed by atoms with Gasteiger partial charge in [-0.1, -0.05) is 27.2 Å². The van der Waals surface area contributed by atoms with E-state index in [0.29, 0.717) is 12.0 Å². The van der Waals surface area contributed by atoms with Crippen LogP contribution in [0.1, 0.15) is 59.3 Å². The summed E-state index contributed by atoms with van der Waals surface area (Å²) in [5.41, 5.74) is -0.943. The van der Waals surface area contributed by atoms with Gasteiger partial charge in [0.05, 0.1) is 12.5 Å². The van der Waals surface area contributed by atoms with Crippen molar-refractivity contribution in [1.29, 1.82) is 0 Å². The van der Waals surface area contributed by atoms with E-state index in [9.17, 15) is 20.1 Å². The molecule has 5 rings (SSSR count). The predicted octanol–water partition coefficient (Wildman–Crippen LogP) is 1.62. The Morgan fingerprint density at radius 1 is 1.12 bits per heavy atom. The van der Waals surface area contributed by atoms with Gasteiger partial charge >= 0.3 is 5.97 Å². The molecule has 0 aromatic carbocycles. The lowest BCUT2D eigenvalue weighted by molar-refractivity contribution is -0.299. The minimum Gasteiger partial charge on any atom is -0.425 e. The van der Waals surface area contributed by atoms with Crippen LogP contribution < -0.4 is 0 Å². The summed E-state index contributed by atoms with van der Waals surface area (Å²) in [5, 5.41) is 33.6. The quantitative estimate of drug-likeness (QED) is 0.565. The smallest absolute Gasteiger partial charge is 0.315 e. The van der Waals surface area contributed by atoms with Crippen molar-refractivity contribution in [2.45, 2.75) is 82.9 Å². The molecular formula is C20H28O6. The van der Waals surface area contributed by atoms with Gasteiger partial charge in [-0.3, -0.25) is 4.79 Å². The highest BCUT2D eigenvalue weighted by Crippen LogP contribution is 2.70. The maximum absolute atomic E-state index is 11.8. The van der Waals surface area contributed by atoms with Crippen LogP contribution in [0.2, 0.25) is 0 Å². The number of aliphatic hydroxyl groups is 3. The van der Waals surface area contributed by atoms with Gasteiger partial charge in [-0.25, -0.2) is 0 Å². The first-order valence-electron chi connectivity index (χ1n) is 9.77. The number of fused-ring (bicyclic) bond motifs is 4. The van der Waals surface area contributed by atoms with Crippen molar-refractivity contribution in [2.24, 2.45) is 22.7 Å². The van der Waals surface area contributed by atoms with E-state index in [-0.39, 0.29) is 41.3 Å². The van der Waals surface area contributed by atoms with Crippen molar-refractivity contribution in [3.05, 3.63) is 11.3 Å². The zero-order valence-electron chi connectivity index (χ0n) is 15.6. The lowest BCUT2D eigenvalue weighted by Crippen LogP contribution is -2.68. The molecule has 1 saturated heterocycles. The van der Waals surface area contributed by atoms with Crippen LogP contribution in [-0.2, 0) is 14.3 Å². The normalized spacial score (nSPS) is 54.5. The Bertz CT molecular complexity index is 728. The molecule has 2 saturated carbocycles. The summed E-state index contributed by atoms with van der Waals surface area (Å²) >= 11 is 0. The third-order valence-electron chi connectivity index (χ3n) is 8.38. The molecule has 2 bridgehead atoms. The Hall–Kier alpha value is -0.950. The Kier molecular flexibility index (Phi) is 3.11. The molecule has 1 spiro atoms. The minimum absolute atomic E-state index is 0.0466. The average Bonchev–Trinajstić information content (AvgIpc) is 3.08. The van der Waals surface area contributed by atoms with Gasteiger partial charge in [-0.15, -0.1) is 0 Å². The topological polar surface area (TPSA) is 96.2 Å². The molecule has 0 aromatic heterocycles. The van der Waals surface area contributed by atoms with Gasteiger partial charge in [0, 0.05) is 17.9 Å². The van der Waals surface area contributed by atoms with Crippen LogP contribution >= 0.6 is 0 Å². The summed E-state index contributed by atoms with van der Waals surface area (Å²) in [7, 11) is 0. The number of carbonyl (C=O) groups is 1. The van der Waals surface area contributed by atoms with E-state index >= 15 is 0 Å². The van der Waals surface area contributed by atoms with Crippen LogP contribution in [0.4, 0.5) is 0 Å². The molecule has 3 aliphatic heterocycles. The molecule has 5 aliphatic rings. The fourth-order valence-electron chi connectivity index (χ4n) is 7.31. The fraction of sp³-hybridized carbons (Fsp3) is 0.850. The van der Waals surface area contributed by atoms with Crippen LogP contribution in [0.3, 0.4) is 0 Å². The molecule has 2 aliphatic carbocycles. The van der Waals surface area contributed by atoms with Crippen LogP contribution in [-0.4, -0.2) is 44.9 Å². The first-order valence-corrected chi connectivity index (χ1v) is 9.77. The molecule has 26 heavy (non-hydrogen) atoms. The molecule has 144 valence electrons. The van der Waals surface area contributed by atoms with Crippen molar-refractivity contribution in [3.8, 4) is 0 Å². The number of rotatable bonds is 0. The standard InChI is InChI=1S/C20H28O6/c1-17(2)5-4-6-18(3)11(17)8-13(21)20-12(18)9-19(24,26-20)16-10(15(20)23)7-14(22)25-16/h11-13,15,21,23-24H,4-9H2,1-3H3/t11-,12+,13-,15+,18-,19+,20+/m1/s1. The molecule has 0 radical (unpaired) electrons. The lowest BCUT2D eigenvalue weighted by Gasteiger charge is -2.62. The van der Waals surface area contributed by atoms with E-state index in [1.807, 2.05) is 0 Å². The van der Waals surface area contributed by atoms with Gasteiger partial charge in [0.1, 0.15) is 11.7 Å². The van der Waals surface area contributed by atoms with Crippen molar-refractivity contribution >= 4 is 5.97 Å². The van der Waals surface area contributed by atoms with Crippen LogP contribution in [0.5, 0.6) is 0 Å². The highest BCUT2D eigenvalue weighted by atomic mass is 16.7. The van der Waals surface area contributed by atoms with Gasteiger partial charge in [0.15, 0.2) is 5.76 Å². The molecule has 3 heterocycles. The third-order valence-corrected chi connectivity index (χ3v) is 8.38. The molecule has 6 heteroatoms. The number of ether oxygens (including phenoxy) is 2. The zero-order chi connectivity index (χ0) is 18.7. The second-order valence-corrected chi connectivity index (χ2v) is 10.1. The molecule has 7 atom stereocenters. The van der Waals surface area contributed by atoms with Crippen LogP contribution in [0.15, 0.2) is 11.3 Å². The molecule has 0 aromatic rings. The molecular weight excluding hydrogens is 336 g/mol. The molecule has 0 amide bonds. The monoisotopic (exact) mass is 364 g/mol. The van der Waals surface area contributed by atoms with Gasteiger partial charge < -0.3 is 24.8 Å². The number of aliphatic hydroxyl groups excluding tert-OH is 2. The van der Waals surface area contributed by atoms with E-state index in [1.165, 1.54) is 0 Å². The largest absolute Gasteiger partial charge is 0.425 e. The number of carbonyl (C=O) groups excluding carboxylic acids is 1. The summed E-state index contributed by atoms with van der Waals surface area (Å²) in [4.78, 5) is 11.8. The van der Waals surface area contributed by atoms with E-state index in [2.05, 4.69) is 20.8 Å². The first-order chi connectivity index (χ1) is 12.0. The number of esters is 1. The fourth-order valence-corrected chi connectivity index (χ4v) is 7.31. The molecule has 6 nitrogen and oxygen atoms in total. The van der Waals surface area contributed by atoms with Crippen molar-refractivity contribution in [1.82, 2.24) is 0 Å². The van der Waals surface area contributed by atoms with Gasteiger partial charge in [-0.05, 0) is 36.0 Å². The summed E-state index contributed by atoms with van der Waals surface area (Å²) in [6, 6.07) is 0. The highest BCUT2D eigenvalue weighted by Gasteiger charge is 2.76. The molecule has 3 N–H and O–H groups in total. The van der Waals surface area contributed by atoms with Gasteiger partial charge in [-0.2, -0.15) is 0 Å². The number of hydrogen-bond acceptors (Lipinski definition) is 6. The predicted molar refractivity (Wildman–Crippen MR) is 90.5 cm³/mol. The summed E-state index contributed by atoms with van der Waals surface area (Å²) in [6.07, 6.45) is 1.89. The zero-order valence-corrected chi connectivity index (χ0v) is 15.6. The van der Waals surface area contributed by atoms with Gasteiger partial charge in [0.25, 0.3) is 0 Å². The second kappa shape index (κ2) is 4.72. The van der Waals surface area contributed by atoms with Crippen LogP contribution in [0, 0.1) is 22.7 Å². The Balaban J connectivity index is 1.66. The third kappa shape index (κ3) is 1.75. The minimum atomic E-state index is -1.73. The van der Waals surface area contributed by atoms with E-state index in [0.717, 1.165) is 19.3 Å². The van der Waals surface area contributed by atoms with E-state index < -0.39 is 29.6 Å². The maximum Gasteiger partial charge on any atom is 0.315 e. The summed E-state index contributed by atoms with van der Waals surface area (Å²) < 4.78 is 11.3. The van der Waals surface area contributed by atoms with Crippen LogP contribution in [0.25, 0.3) is 0 Å². The van der Waals surface area contributed by atoms with E-state index in [1.54, 1.807) is 0 Å². The van der Waals surface area contributed by atoms with E-state index in [4.69, 9.17) is 9.47 Å². The lowest BCUT2D eigenvalue weighted by atomic mass is 9.44. The first kappa shape index (κ1) is 17.2. The highest BCUT2D eigenvalue weighted by molar-refractivity contribution is 5.78. The van der Waals surface area contributed by atoms with Gasteiger partial charge in [0.2, 0.25) is 5.79 Å². The number of hydrogen-bond donors (Lipinski definition) is 3. The van der Waals surface area contributed by atoms with Crippen molar-refractivity contribution in [3.63, 3.8) is 0 Å². The Labute approximate surface area is 153 Å². The Morgan fingerprint density at radius 3 is 2.58 bits per heavy atom. The average molecular weight is 364 g/mol. The SMILES string of the molecule is CC1(C)CCC[C@]2(C)[C@@H]1C[C@@H](O)[C@@]13O[C@@](O)(C[C@@H]21)C1=C(CC(=O)O1)[C@@H]3O. The summed E-state index contributed by atoms with van der Waals surface area (Å²) in [6.45, 7) is 6.74.